The molecule has 4 aromatic rings. The number of aromatic nitrogens is 2. The highest BCUT2D eigenvalue weighted by molar-refractivity contribution is 7.10. The molecule has 0 radical (unpaired) electrons. The van der Waals surface area contributed by atoms with Gasteiger partial charge in [-0.05, 0) is 54.6 Å². The largest absolute Gasteiger partial charge is 0.507 e. The number of fused-ring (bicyclic) bond motifs is 1. The Kier molecular flexibility index (Phi) is 4.41. The molecule has 2 aromatic heterocycles. The normalized spacial score (nSPS) is 16.8. The van der Waals surface area contributed by atoms with Crippen LogP contribution in [0.15, 0.2) is 60.0 Å². The lowest BCUT2D eigenvalue weighted by atomic mass is 10.1. The molecule has 5 rings (SSSR count). The summed E-state index contributed by atoms with van der Waals surface area (Å²) in [6.45, 7) is 0.942. The molecule has 0 saturated carbocycles. The monoisotopic (exact) mass is 407 g/mol. The number of benzene rings is 2. The molecule has 0 spiro atoms. The molecule has 1 fully saturated rings. The van der Waals surface area contributed by atoms with Gasteiger partial charge in [0.15, 0.2) is 5.82 Å². The fourth-order valence-electron chi connectivity index (χ4n) is 3.89. The number of halogens is 1. The van der Waals surface area contributed by atoms with E-state index in [0.717, 1.165) is 36.1 Å². The van der Waals surface area contributed by atoms with Crippen molar-refractivity contribution in [3.8, 4) is 17.1 Å². The Labute approximate surface area is 172 Å². The van der Waals surface area contributed by atoms with Crippen molar-refractivity contribution in [2.45, 2.75) is 18.9 Å². The highest BCUT2D eigenvalue weighted by Crippen LogP contribution is 2.41. The lowest BCUT2D eigenvalue weighted by Crippen LogP contribution is -2.23. The molecule has 0 aliphatic carbocycles. The Balaban J connectivity index is 1.72. The number of nitrogens with zero attached hydrogens (tertiary/aromatic N) is 3. The summed E-state index contributed by atoms with van der Waals surface area (Å²) in [5.41, 5.74) is 1.41. The number of hydrogen-bond acceptors (Lipinski definition) is 5. The SMILES string of the molecule is Oc1ccccc1-c1nc(N2CCCC2c2cccs2)c2ccc(Cl)cc2n1. The minimum atomic E-state index is 0.172. The molecule has 1 unspecified atom stereocenters. The van der Waals surface area contributed by atoms with E-state index in [9.17, 15) is 5.11 Å². The second-order valence-electron chi connectivity index (χ2n) is 6.92. The Bertz CT molecular complexity index is 1150. The van der Waals surface area contributed by atoms with Gasteiger partial charge in [-0.15, -0.1) is 11.3 Å². The van der Waals surface area contributed by atoms with Crippen molar-refractivity contribution in [2.24, 2.45) is 0 Å². The smallest absolute Gasteiger partial charge is 0.165 e. The fraction of sp³-hybridized carbons (Fsp3) is 0.182. The lowest BCUT2D eigenvalue weighted by Gasteiger charge is -2.26. The number of phenolic OH excluding ortho intramolecular Hbond substituents is 1. The van der Waals surface area contributed by atoms with E-state index in [2.05, 4.69) is 22.4 Å². The van der Waals surface area contributed by atoms with Gasteiger partial charge in [-0.2, -0.15) is 0 Å². The average molecular weight is 408 g/mol. The number of phenols is 1. The minimum absolute atomic E-state index is 0.172. The maximum Gasteiger partial charge on any atom is 0.165 e. The Morgan fingerprint density at radius 2 is 1.96 bits per heavy atom. The van der Waals surface area contributed by atoms with E-state index in [1.54, 1.807) is 23.5 Å². The summed E-state index contributed by atoms with van der Waals surface area (Å²) in [7, 11) is 0. The number of hydrogen-bond donors (Lipinski definition) is 1. The molecule has 3 heterocycles. The van der Waals surface area contributed by atoms with Gasteiger partial charge in [0.2, 0.25) is 0 Å². The molecular formula is C22H18ClN3OS. The third-order valence-electron chi connectivity index (χ3n) is 5.18. The molecule has 0 amide bonds. The number of anilines is 1. The van der Waals surface area contributed by atoms with Crippen LogP contribution in [-0.4, -0.2) is 21.6 Å². The molecule has 140 valence electrons. The van der Waals surface area contributed by atoms with Crippen LogP contribution in [0.25, 0.3) is 22.3 Å². The van der Waals surface area contributed by atoms with Gasteiger partial charge in [-0.25, -0.2) is 9.97 Å². The van der Waals surface area contributed by atoms with Gasteiger partial charge in [-0.3, -0.25) is 0 Å². The van der Waals surface area contributed by atoms with E-state index in [0.29, 0.717) is 22.5 Å². The summed E-state index contributed by atoms with van der Waals surface area (Å²) in [5.74, 6) is 1.58. The van der Waals surface area contributed by atoms with Crippen LogP contribution in [-0.2, 0) is 0 Å². The van der Waals surface area contributed by atoms with Gasteiger partial charge in [0.05, 0.1) is 17.1 Å². The van der Waals surface area contributed by atoms with Crippen LogP contribution >= 0.6 is 22.9 Å². The van der Waals surface area contributed by atoms with Gasteiger partial charge >= 0.3 is 0 Å². The van der Waals surface area contributed by atoms with Crippen molar-refractivity contribution in [3.05, 3.63) is 69.9 Å². The first-order valence-corrected chi connectivity index (χ1v) is 10.5. The number of para-hydroxylation sites is 1. The number of rotatable bonds is 3. The zero-order chi connectivity index (χ0) is 19.1. The second kappa shape index (κ2) is 7.08. The molecule has 28 heavy (non-hydrogen) atoms. The van der Waals surface area contributed by atoms with Crippen molar-refractivity contribution in [3.63, 3.8) is 0 Å². The molecule has 1 aliphatic rings. The minimum Gasteiger partial charge on any atom is -0.507 e. The van der Waals surface area contributed by atoms with Gasteiger partial charge in [0, 0.05) is 21.8 Å². The van der Waals surface area contributed by atoms with Crippen molar-refractivity contribution in [2.75, 3.05) is 11.4 Å². The van der Waals surface area contributed by atoms with E-state index in [1.807, 2.05) is 30.3 Å². The van der Waals surface area contributed by atoms with Crippen molar-refractivity contribution in [1.82, 2.24) is 9.97 Å². The summed E-state index contributed by atoms with van der Waals surface area (Å²) in [6.07, 6.45) is 2.22. The van der Waals surface area contributed by atoms with Crippen LogP contribution in [0.4, 0.5) is 5.82 Å². The molecule has 1 atom stereocenters. The zero-order valence-corrected chi connectivity index (χ0v) is 16.6. The summed E-state index contributed by atoms with van der Waals surface area (Å²) < 4.78 is 0. The van der Waals surface area contributed by atoms with Crippen molar-refractivity contribution in [1.29, 1.82) is 0 Å². The summed E-state index contributed by atoms with van der Waals surface area (Å²) in [6, 6.07) is 17.5. The molecule has 2 aromatic carbocycles. The predicted molar refractivity (Wildman–Crippen MR) is 115 cm³/mol. The fourth-order valence-corrected chi connectivity index (χ4v) is 4.92. The summed E-state index contributed by atoms with van der Waals surface area (Å²) in [5, 5.41) is 14.1. The van der Waals surface area contributed by atoms with Crippen LogP contribution in [0.5, 0.6) is 5.75 Å². The van der Waals surface area contributed by atoms with Gasteiger partial charge in [-0.1, -0.05) is 29.8 Å². The topological polar surface area (TPSA) is 49.3 Å². The van der Waals surface area contributed by atoms with Crippen LogP contribution in [0.3, 0.4) is 0 Å². The molecule has 1 N–H and O–H groups in total. The van der Waals surface area contributed by atoms with E-state index in [1.165, 1.54) is 4.88 Å². The highest BCUT2D eigenvalue weighted by atomic mass is 35.5. The second-order valence-corrected chi connectivity index (χ2v) is 8.33. The highest BCUT2D eigenvalue weighted by Gasteiger charge is 2.30. The molecule has 6 heteroatoms. The van der Waals surface area contributed by atoms with Crippen molar-refractivity contribution < 1.29 is 5.11 Å². The van der Waals surface area contributed by atoms with E-state index >= 15 is 0 Å². The van der Waals surface area contributed by atoms with Gasteiger partial charge in [0.25, 0.3) is 0 Å². The Morgan fingerprint density at radius 3 is 2.79 bits per heavy atom. The Hall–Kier alpha value is -2.63. The quantitative estimate of drug-likeness (QED) is 0.448. The maximum atomic E-state index is 10.3. The third kappa shape index (κ3) is 3.01. The summed E-state index contributed by atoms with van der Waals surface area (Å²) in [4.78, 5) is 13.3. The number of aromatic hydroxyl groups is 1. The standard InChI is InChI=1S/C22H18ClN3OS/c23-14-9-10-15-17(13-14)24-21(16-5-1-2-7-19(16)27)25-22(15)26-11-3-6-18(26)20-8-4-12-28-20/h1-2,4-5,7-10,12-13,18,27H,3,6,11H2. The van der Waals surface area contributed by atoms with Gasteiger partial charge in [0.1, 0.15) is 11.6 Å². The Morgan fingerprint density at radius 1 is 1.07 bits per heavy atom. The first-order chi connectivity index (χ1) is 13.7. The number of thiophene rings is 1. The third-order valence-corrected chi connectivity index (χ3v) is 6.39. The van der Waals surface area contributed by atoms with Gasteiger partial charge < -0.3 is 10.0 Å². The van der Waals surface area contributed by atoms with E-state index in [-0.39, 0.29) is 5.75 Å². The average Bonchev–Trinajstić information content (AvgIpc) is 3.38. The molecule has 1 aliphatic heterocycles. The molecule has 0 bridgehead atoms. The first kappa shape index (κ1) is 17.5. The van der Waals surface area contributed by atoms with Crippen LogP contribution in [0, 0.1) is 0 Å². The first-order valence-electron chi connectivity index (χ1n) is 9.26. The summed E-state index contributed by atoms with van der Waals surface area (Å²) >= 11 is 8.03. The van der Waals surface area contributed by atoms with Crippen LogP contribution in [0.2, 0.25) is 5.02 Å². The van der Waals surface area contributed by atoms with Crippen LogP contribution < -0.4 is 4.90 Å². The molecule has 1 saturated heterocycles. The predicted octanol–water partition coefficient (Wildman–Crippen LogP) is 6.06. The lowest BCUT2D eigenvalue weighted by molar-refractivity contribution is 0.477. The zero-order valence-electron chi connectivity index (χ0n) is 15.0. The van der Waals surface area contributed by atoms with E-state index in [4.69, 9.17) is 21.6 Å². The van der Waals surface area contributed by atoms with E-state index < -0.39 is 0 Å². The molecule has 4 nitrogen and oxygen atoms in total. The maximum absolute atomic E-state index is 10.3. The van der Waals surface area contributed by atoms with Crippen LogP contribution in [0.1, 0.15) is 23.8 Å². The van der Waals surface area contributed by atoms with Crippen molar-refractivity contribution >= 4 is 39.7 Å². The molecular weight excluding hydrogens is 390 g/mol.